The second kappa shape index (κ2) is 22.4. The summed E-state index contributed by atoms with van der Waals surface area (Å²) in [7, 11) is 3.79. The summed E-state index contributed by atoms with van der Waals surface area (Å²) in [5.41, 5.74) is 17.5. The van der Waals surface area contributed by atoms with E-state index in [0.29, 0.717) is 45.2 Å². The third-order valence-corrected chi connectivity index (χ3v) is 8.07. The van der Waals surface area contributed by atoms with E-state index in [0.717, 1.165) is 5.56 Å². The van der Waals surface area contributed by atoms with Crippen LogP contribution in [0.3, 0.4) is 0 Å². The molecule has 0 unspecified atom stereocenters. The number of benzene rings is 1. The van der Waals surface area contributed by atoms with Gasteiger partial charge in [-0.2, -0.15) is 0 Å². The molecule has 11 N–H and O–H groups in total. The third kappa shape index (κ3) is 17.1. The van der Waals surface area contributed by atoms with Crippen molar-refractivity contribution in [3.8, 4) is 0 Å². The molecule has 0 saturated carbocycles. The van der Waals surface area contributed by atoms with Crippen LogP contribution in [-0.2, 0) is 30.4 Å². The molecular formula is C34H59N9O6. The number of hydrogen-bond donors (Lipinski definition) is 8. The lowest BCUT2D eigenvalue weighted by molar-refractivity contribution is -0.142. The molecule has 49 heavy (non-hydrogen) atoms. The minimum atomic E-state index is -1.21. The van der Waals surface area contributed by atoms with Gasteiger partial charge >= 0.3 is 5.97 Å². The van der Waals surface area contributed by atoms with Gasteiger partial charge in [-0.1, -0.05) is 64.4 Å². The van der Waals surface area contributed by atoms with Crippen LogP contribution in [0.4, 0.5) is 0 Å². The summed E-state index contributed by atoms with van der Waals surface area (Å²) in [5, 5.41) is 20.7. The van der Waals surface area contributed by atoms with Gasteiger partial charge < -0.3 is 48.5 Å². The molecular weight excluding hydrogens is 630 g/mol. The minimum absolute atomic E-state index is 0.0189. The number of hydrogen-bond acceptors (Lipinski definition) is 8. The van der Waals surface area contributed by atoms with Crippen LogP contribution in [0.2, 0.25) is 0 Å². The van der Waals surface area contributed by atoms with Crippen molar-refractivity contribution in [1.29, 1.82) is 0 Å². The first-order valence-electron chi connectivity index (χ1n) is 17.0. The quantitative estimate of drug-likeness (QED) is 0.0436. The summed E-state index contributed by atoms with van der Waals surface area (Å²) in [6.07, 6.45) is 2.46. The van der Waals surface area contributed by atoms with Crippen LogP contribution in [0.25, 0.3) is 0 Å². The van der Waals surface area contributed by atoms with Crippen LogP contribution in [0.1, 0.15) is 71.8 Å². The van der Waals surface area contributed by atoms with Crippen LogP contribution in [0.5, 0.6) is 0 Å². The van der Waals surface area contributed by atoms with Gasteiger partial charge in [-0.05, 0) is 70.1 Å². The molecule has 0 spiro atoms. The average molecular weight is 690 g/mol. The highest BCUT2D eigenvalue weighted by Crippen LogP contribution is 2.13. The van der Waals surface area contributed by atoms with Gasteiger partial charge in [-0.3, -0.25) is 24.2 Å². The highest BCUT2D eigenvalue weighted by atomic mass is 16.4. The van der Waals surface area contributed by atoms with Gasteiger partial charge in [-0.25, -0.2) is 4.79 Å². The zero-order chi connectivity index (χ0) is 37.1. The molecule has 0 radical (unpaired) electrons. The lowest BCUT2D eigenvalue weighted by Gasteiger charge is -2.29. The normalized spacial score (nSPS) is 14.9. The number of nitrogens with two attached hydrogens (primary N) is 3. The monoisotopic (exact) mass is 689 g/mol. The third-order valence-electron chi connectivity index (χ3n) is 8.07. The van der Waals surface area contributed by atoms with Gasteiger partial charge in [0, 0.05) is 13.0 Å². The van der Waals surface area contributed by atoms with Crippen LogP contribution < -0.4 is 38.5 Å². The number of aliphatic carboxylic acids is 1. The van der Waals surface area contributed by atoms with Crippen molar-refractivity contribution >= 4 is 35.6 Å². The highest BCUT2D eigenvalue weighted by molar-refractivity contribution is 5.95. The molecule has 4 amide bonds. The van der Waals surface area contributed by atoms with Gasteiger partial charge in [0.05, 0.1) is 6.04 Å². The first kappa shape index (κ1) is 42.8. The average Bonchev–Trinajstić information content (AvgIpc) is 3.03. The van der Waals surface area contributed by atoms with E-state index >= 15 is 0 Å². The molecule has 276 valence electrons. The SMILES string of the molecule is CC[C@H](C)[C@H](NC(=O)[C@H](CC(C)C)NC(=O)[C@H](CCCN(C)C)NC(=O)[C@@H](N)CCCN=C(N)N)C(=O)N[C@@H](Cc1ccccc1)C(=O)O. The molecule has 0 saturated heterocycles. The van der Waals surface area contributed by atoms with Crippen LogP contribution in [-0.4, -0.2) is 103 Å². The summed E-state index contributed by atoms with van der Waals surface area (Å²) in [6, 6.07) is 3.74. The minimum Gasteiger partial charge on any atom is -0.480 e. The number of nitrogens with one attached hydrogen (secondary N) is 4. The molecule has 0 aromatic heterocycles. The second-order valence-electron chi connectivity index (χ2n) is 13.2. The molecule has 0 aliphatic rings. The van der Waals surface area contributed by atoms with Crippen LogP contribution >= 0.6 is 0 Å². The molecule has 0 fully saturated rings. The number of carboxylic acids is 1. The number of amides is 4. The maximum atomic E-state index is 13.7. The van der Waals surface area contributed by atoms with E-state index in [9.17, 15) is 29.1 Å². The fraction of sp³-hybridized carbons (Fsp3) is 0.647. The van der Waals surface area contributed by atoms with Gasteiger partial charge in [-0.15, -0.1) is 0 Å². The van der Waals surface area contributed by atoms with Gasteiger partial charge in [0.2, 0.25) is 23.6 Å². The summed E-state index contributed by atoms with van der Waals surface area (Å²) in [6.45, 7) is 8.39. The Balaban J connectivity index is 3.14. The van der Waals surface area contributed by atoms with E-state index in [-0.39, 0.29) is 30.6 Å². The maximum Gasteiger partial charge on any atom is 0.326 e. The summed E-state index contributed by atoms with van der Waals surface area (Å²) >= 11 is 0. The fourth-order valence-electron chi connectivity index (χ4n) is 5.05. The van der Waals surface area contributed by atoms with Gasteiger partial charge in [0.1, 0.15) is 24.2 Å². The number of rotatable bonds is 23. The second-order valence-corrected chi connectivity index (χ2v) is 13.2. The van der Waals surface area contributed by atoms with Crippen molar-refractivity contribution in [2.24, 2.45) is 34.0 Å². The molecule has 6 atom stereocenters. The lowest BCUT2D eigenvalue weighted by atomic mass is 9.96. The molecule has 15 heteroatoms. The Morgan fingerprint density at radius 2 is 1.41 bits per heavy atom. The Bertz CT molecular complexity index is 1220. The van der Waals surface area contributed by atoms with Crippen LogP contribution in [0.15, 0.2) is 35.3 Å². The number of aliphatic imine (C=N–C) groups is 1. The topological polar surface area (TPSA) is 247 Å². The van der Waals surface area contributed by atoms with E-state index in [1.54, 1.807) is 31.2 Å². The van der Waals surface area contributed by atoms with Crippen molar-refractivity contribution < 1.29 is 29.1 Å². The standard InChI is InChI=1S/C34H59N9O6/c1-7-22(4)28(32(47)41-27(33(48)49)20-23-13-9-8-10-14-23)42-31(46)26(19-21(2)3)40-30(45)25(16-12-18-43(5)6)39-29(44)24(35)15-11-17-38-34(36)37/h8-10,13-14,21-22,24-28H,7,11-12,15-20,35H2,1-6H3,(H,39,44)(H,40,45)(H,41,47)(H,42,46)(H,48,49)(H4,36,37,38)/t22-,24-,25-,26-,27-,28-/m0/s1. The van der Waals surface area contributed by atoms with Gasteiger partial charge in [0.25, 0.3) is 0 Å². The molecule has 1 aromatic carbocycles. The Labute approximate surface area is 290 Å². The first-order valence-corrected chi connectivity index (χ1v) is 17.0. The summed E-state index contributed by atoms with van der Waals surface area (Å²) < 4.78 is 0. The Morgan fingerprint density at radius 3 is 1.96 bits per heavy atom. The maximum absolute atomic E-state index is 13.7. The van der Waals surface area contributed by atoms with Gasteiger partial charge in [0.15, 0.2) is 5.96 Å². The molecule has 0 aliphatic heterocycles. The highest BCUT2D eigenvalue weighted by Gasteiger charge is 2.34. The number of nitrogens with zero attached hydrogens (tertiary/aromatic N) is 2. The molecule has 1 aromatic rings. The molecule has 0 heterocycles. The van der Waals surface area contributed by atoms with E-state index in [1.165, 1.54) is 0 Å². The van der Waals surface area contributed by atoms with E-state index < -0.39 is 59.8 Å². The van der Waals surface area contributed by atoms with Crippen molar-refractivity contribution in [3.63, 3.8) is 0 Å². The number of carbonyl (C=O) groups is 5. The lowest BCUT2D eigenvalue weighted by Crippen LogP contribution is -2.60. The Hall–Kier alpha value is -4.24. The van der Waals surface area contributed by atoms with Crippen molar-refractivity contribution in [2.45, 2.75) is 103 Å². The largest absolute Gasteiger partial charge is 0.480 e. The van der Waals surface area contributed by atoms with E-state index in [2.05, 4.69) is 26.3 Å². The Morgan fingerprint density at radius 1 is 0.816 bits per heavy atom. The number of carbonyl (C=O) groups excluding carboxylic acids is 4. The molecule has 0 bridgehead atoms. The number of carboxylic acid groups (broad SMARTS) is 1. The zero-order valence-electron chi connectivity index (χ0n) is 29.9. The molecule has 1 rings (SSSR count). The summed E-state index contributed by atoms with van der Waals surface area (Å²) in [4.78, 5) is 71.8. The zero-order valence-corrected chi connectivity index (χ0v) is 29.9. The molecule has 15 nitrogen and oxygen atoms in total. The van der Waals surface area contributed by atoms with Crippen molar-refractivity contribution in [1.82, 2.24) is 26.2 Å². The Kier molecular flexibility index (Phi) is 19.6. The summed E-state index contributed by atoms with van der Waals surface area (Å²) in [5.74, 6) is -3.93. The smallest absolute Gasteiger partial charge is 0.326 e. The number of guanidine groups is 1. The fourth-order valence-corrected chi connectivity index (χ4v) is 5.05. The molecule has 0 aliphatic carbocycles. The predicted molar refractivity (Wildman–Crippen MR) is 190 cm³/mol. The van der Waals surface area contributed by atoms with Crippen molar-refractivity contribution in [3.05, 3.63) is 35.9 Å². The van der Waals surface area contributed by atoms with Crippen molar-refractivity contribution in [2.75, 3.05) is 27.2 Å². The predicted octanol–water partition coefficient (Wildman–Crippen LogP) is 0.0678. The van der Waals surface area contributed by atoms with Crippen LogP contribution in [0, 0.1) is 11.8 Å². The first-order chi connectivity index (χ1) is 23.0. The van der Waals surface area contributed by atoms with E-state index in [4.69, 9.17) is 17.2 Å². The van der Waals surface area contributed by atoms with E-state index in [1.807, 2.05) is 45.8 Å².